The zero-order valence-corrected chi connectivity index (χ0v) is 19.2. The minimum Gasteiger partial charge on any atom is -0.348 e. The number of carbonyl (C=O) groups is 1. The molecule has 0 aromatic heterocycles. The molecule has 0 heterocycles. The first-order chi connectivity index (χ1) is 13.3. The van der Waals surface area contributed by atoms with Crippen molar-refractivity contribution in [3.63, 3.8) is 0 Å². The molecule has 29 heavy (non-hydrogen) atoms. The number of hydrogen-bond donors (Lipinski definition) is 1. The quantitative estimate of drug-likeness (QED) is 0.766. The van der Waals surface area contributed by atoms with Gasteiger partial charge < -0.3 is 5.32 Å². The van der Waals surface area contributed by atoms with Gasteiger partial charge in [-0.25, -0.2) is 8.42 Å². The van der Waals surface area contributed by atoms with Crippen LogP contribution in [0.5, 0.6) is 0 Å². The maximum absolute atomic E-state index is 12.6. The predicted molar refractivity (Wildman–Crippen MR) is 120 cm³/mol. The Balaban J connectivity index is 2.18. The maximum atomic E-state index is 12.6. The Labute approximate surface area is 175 Å². The van der Waals surface area contributed by atoms with Crippen LogP contribution >= 0.6 is 0 Å². The first-order valence-electron chi connectivity index (χ1n) is 9.74. The third-order valence-corrected chi connectivity index (χ3v) is 6.26. The molecule has 0 aliphatic rings. The molecular formula is C23H32N2O3S. The van der Waals surface area contributed by atoms with Crippen molar-refractivity contribution in [2.45, 2.75) is 53.0 Å². The molecule has 158 valence electrons. The van der Waals surface area contributed by atoms with E-state index in [1.165, 1.54) is 5.56 Å². The van der Waals surface area contributed by atoms with Gasteiger partial charge in [-0.3, -0.25) is 9.10 Å². The predicted octanol–water partition coefficient (Wildman–Crippen LogP) is 4.24. The van der Waals surface area contributed by atoms with Gasteiger partial charge in [0, 0.05) is 0 Å². The van der Waals surface area contributed by atoms with Gasteiger partial charge in [0.05, 0.1) is 18.0 Å². The van der Waals surface area contributed by atoms with Crippen LogP contribution in [0.2, 0.25) is 0 Å². The molecule has 0 bridgehead atoms. The van der Waals surface area contributed by atoms with Gasteiger partial charge in [-0.05, 0) is 60.6 Å². The Hall–Kier alpha value is -2.34. The first kappa shape index (κ1) is 22.9. The van der Waals surface area contributed by atoms with Crippen molar-refractivity contribution >= 4 is 21.6 Å². The van der Waals surface area contributed by atoms with Gasteiger partial charge in [0.2, 0.25) is 15.9 Å². The highest BCUT2D eigenvalue weighted by atomic mass is 32.2. The maximum Gasteiger partial charge on any atom is 0.241 e. The fraction of sp³-hybridized carbons (Fsp3) is 0.435. The van der Waals surface area contributed by atoms with Crippen LogP contribution in [-0.4, -0.2) is 27.1 Å². The average molecular weight is 417 g/mol. The number of carbonyl (C=O) groups excluding carboxylic acids is 1. The molecule has 0 fully saturated rings. The number of nitrogens with zero attached hydrogens (tertiary/aromatic N) is 1. The number of nitrogens with one attached hydrogen (secondary N) is 1. The third-order valence-electron chi connectivity index (χ3n) is 5.12. The number of amides is 1. The molecule has 0 aliphatic carbocycles. The van der Waals surface area contributed by atoms with Gasteiger partial charge in [-0.2, -0.15) is 0 Å². The Morgan fingerprint density at radius 1 is 1.03 bits per heavy atom. The molecule has 0 aliphatic heterocycles. The number of benzene rings is 2. The molecule has 1 amide bonds. The number of aryl methyl sites for hydroxylation is 2. The van der Waals surface area contributed by atoms with Crippen molar-refractivity contribution < 1.29 is 13.2 Å². The van der Waals surface area contributed by atoms with Gasteiger partial charge in [0.25, 0.3) is 0 Å². The fourth-order valence-corrected chi connectivity index (χ4v) is 3.92. The molecule has 0 saturated carbocycles. The smallest absolute Gasteiger partial charge is 0.241 e. The average Bonchev–Trinajstić information content (AvgIpc) is 2.60. The van der Waals surface area contributed by atoms with Crippen LogP contribution in [-0.2, 0) is 20.2 Å². The molecule has 1 N–H and O–H groups in total. The molecule has 1 atom stereocenters. The van der Waals surface area contributed by atoms with Crippen molar-refractivity contribution in [1.82, 2.24) is 5.32 Å². The summed E-state index contributed by atoms with van der Waals surface area (Å²) in [5, 5.41) is 2.91. The minimum absolute atomic E-state index is 0.0343. The molecule has 6 heteroatoms. The second-order valence-electron chi connectivity index (χ2n) is 8.70. The second kappa shape index (κ2) is 8.57. The molecule has 2 aromatic carbocycles. The summed E-state index contributed by atoms with van der Waals surface area (Å²) in [6, 6.07) is 13.1. The summed E-state index contributed by atoms with van der Waals surface area (Å²) in [5.74, 6) is -0.346. The lowest BCUT2D eigenvalue weighted by Crippen LogP contribution is -2.41. The van der Waals surface area contributed by atoms with Crippen LogP contribution in [0.3, 0.4) is 0 Å². The van der Waals surface area contributed by atoms with Crippen molar-refractivity contribution in [2.75, 3.05) is 17.1 Å². The van der Waals surface area contributed by atoms with E-state index in [4.69, 9.17) is 0 Å². The van der Waals surface area contributed by atoms with E-state index < -0.39 is 10.0 Å². The normalized spacial score (nSPS) is 13.1. The zero-order chi connectivity index (χ0) is 22.0. The van der Waals surface area contributed by atoms with Crippen LogP contribution < -0.4 is 9.62 Å². The summed E-state index contributed by atoms with van der Waals surface area (Å²) in [5.41, 5.74) is 4.88. The third kappa shape index (κ3) is 6.07. The molecule has 0 spiro atoms. The summed E-state index contributed by atoms with van der Waals surface area (Å²) < 4.78 is 25.8. The lowest BCUT2D eigenvalue weighted by Gasteiger charge is -2.25. The second-order valence-corrected chi connectivity index (χ2v) is 10.6. The highest BCUT2D eigenvalue weighted by Crippen LogP contribution is 2.26. The molecular weight excluding hydrogens is 384 g/mol. The van der Waals surface area contributed by atoms with Gasteiger partial charge in [-0.15, -0.1) is 0 Å². The number of anilines is 1. The van der Waals surface area contributed by atoms with E-state index in [0.717, 1.165) is 27.3 Å². The van der Waals surface area contributed by atoms with Crippen LogP contribution in [0.4, 0.5) is 5.69 Å². The van der Waals surface area contributed by atoms with E-state index >= 15 is 0 Å². The largest absolute Gasteiger partial charge is 0.348 e. The van der Waals surface area contributed by atoms with Crippen molar-refractivity contribution in [3.8, 4) is 0 Å². The van der Waals surface area contributed by atoms with Gasteiger partial charge in [0.15, 0.2) is 0 Å². The van der Waals surface area contributed by atoms with Crippen molar-refractivity contribution in [3.05, 3.63) is 64.7 Å². The Morgan fingerprint density at radius 2 is 1.62 bits per heavy atom. The monoisotopic (exact) mass is 416 g/mol. The van der Waals surface area contributed by atoms with Crippen LogP contribution in [0.15, 0.2) is 42.5 Å². The summed E-state index contributed by atoms with van der Waals surface area (Å²) in [4.78, 5) is 12.6. The zero-order valence-electron chi connectivity index (χ0n) is 18.4. The van der Waals surface area contributed by atoms with E-state index in [0.29, 0.717) is 5.69 Å². The van der Waals surface area contributed by atoms with Crippen LogP contribution in [0, 0.1) is 13.8 Å². The summed E-state index contributed by atoms with van der Waals surface area (Å²) >= 11 is 0. The fourth-order valence-electron chi connectivity index (χ4n) is 3.06. The van der Waals surface area contributed by atoms with E-state index in [1.54, 1.807) is 12.1 Å². The van der Waals surface area contributed by atoms with Gasteiger partial charge in [0.1, 0.15) is 6.54 Å². The topological polar surface area (TPSA) is 66.5 Å². The molecule has 2 rings (SSSR count). The highest BCUT2D eigenvalue weighted by Gasteiger charge is 2.23. The lowest BCUT2D eigenvalue weighted by atomic mass is 9.87. The number of sulfonamides is 1. The van der Waals surface area contributed by atoms with E-state index in [2.05, 4.69) is 26.1 Å². The Morgan fingerprint density at radius 3 is 2.10 bits per heavy atom. The molecule has 2 aromatic rings. The van der Waals surface area contributed by atoms with E-state index in [-0.39, 0.29) is 23.9 Å². The summed E-state index contributed by atoms with van der Waals surface area (Å²) in [6.45, 7) is 12.0. The minimum atomic E-state index is -3.60. The molecule has 0 unspecified atom stereocenters. The highest BCUT2D eigenvalue weighted by molar-refractivity contribution is 7.92. The van der Waals surface area contributed by atoms with E-state index in [1.807, 2.05) is 51.1 Å². The first-order valence-corrected chi connectivity index (χ1v) is 11.6. The lowest BCUT2D eigenvalue weighted by molar-refractivity contribution is -0.120. The summed E-state index contributed by atoms with van der Waals surface area (Å²) in [6.07, 6.45) is 1.12. The van der Waals surface area contributed by atoms with Gasteiger partial charge >= 0.3 is 0 Å². The SMILES string of the molecule is Cc1ccc([C@@H](C)NC(=O)CN(c2ccc(C(C)(C)C)cc2)S(C)(=O)=O)cc1C. The van der Waals surface area contributed by atoms with E-state index in [9.17, 15) is 13.2 Å². The molecule has 0 radical (unpaired) electrons. The standard InChI is InChI=1S/C23H32N2O3S/c1-16-8-9-19(14-17(16)2)18(3)24-22(26)15-25(29(7,27)28)21-12-10-20(11-13-21)23(4,5)6/h8-14,18H,15H2,1-7H3,(H,24,26)/t18-/m1/s1. The van der Waals surface area contributed by atoms with Gasteiger partial charge in [-0.1, -0.05) is 51.1 Å². The summed E-state index contributed by atoms with van der Waals surface area (Å²) in [7, 11) is -3.60. The molecule has 5 nitrogen and oxygen atoms in total. The Bertz CT molecular complexity index is 974. The van der Waals surface area contributed by atoms with Crippen molar-refractivity contribution in [1.29, 1.82) is 0 Å². The number of rotatable bonds is 6. The van der Waals surface area contributed by atoms with Crippen LogP contribution in [0.1, 0.15) is 56.0 Å². The molecule has 0 saturated heterocycles. The Kier molecular flexibility index (Phi) is 6.78. The van der Waals surface area contributed by atoms with Crippen molar-refractivity contribution in [2.24, 2.45) is 0 Å². The number of hydrogen-bond acceptors (Lipinski definition) is 3. The van der Waals surface area contributed by atoms with Crippen LogP contribution in [0.25, 0.3) is 0 Å².